The van der Waals surface area contributed by atoms with E-state index in [-0.39, 0.29) is 19.4 Å². The monoisotopic (exact) mass is 570 g/mol. The highest BCUT2D eigenvalue weighted by molar-refractivity contribution is 5.94. The minimum absolute atomic E-state index is 0.0303. The SMILES string of the molecule is CC[C@@H](NC(=O)OCc1ccccc1)C(=O)N[C@@H](C)C(=O)N(C)[C@@H](Cc1ccc(OC)cc1)C(=O)N[C@@H](C)C(=O)O. The first-order valence-corrected chi connectivity index (χ1v) is 13.2. The largest absolute Gasteiger partial charge is 0.497 e. The molecular weight excluding hydrogens is 532 g/mol. The zero-order valence-electron chi connectivity index (χ0n) is 23.9. The van der Waals surface area contributed by atoms with Gasteiger partial charge in [-0.2, -0.15) is 0 Å². The van der Waals surface area contributed by atoms with Crippen LogP contribution < -0.4 is 20.7 Å². The summed E-state index contributed by atoms with van der Waals surface area (Å²) >= 11 is 0. The van der Waals surface area contributed by atoms with Gasteiger partial charge in [-0.3, -0.25) is 19.2 Å². The first-order chi connectivity index (χ1) is 19.5. The summed E-state index contributed by atoms with van der Waals surface area (Å²) in [7, 11) is 2.92. The Labute approximate surface area is 239 Å². The predicted molar refractivity (Wildman–Crippen MR) is 150 cm³/mol. The van der Waals surface area contributed by atoms with Crippen molar-refractivity contribution in [2.24, 2.45) is 0 Å². The third-order valence-electron chi connectivity index (χ3n) is 6.39. The summed E-state index contributed by atoms with van der Waals surface area (Å²) in [5.41, 5.74) is 1.49. The molecule has 0 aliphatic rings. The van der Waals surface area contributed by atoms with Gasteiger partial charge < -0.3 is 35.4 Å². The molecule has 0 saturated carbocycles. The van der Waals surface area contributed by atoms with Gasteiger partial charge in [-0.05, 0) is 43.5 Å². The van der Waals surface area contributed by atoms with Gasteiger partial charge in [-0.15, -0.1) is 0 Å². The molecule has 0 aromatic heterocycles. The molecule has 0 bridgehead atoms. The molecule has 0 spiro atoms. The van der Waals surface area contributed by atoms with Crippen LogP contribution in [0.15, 0.2) is 54.6 Å². The van der Waals surface area contributed by atoms with Gasteiger partial charge in [0, 0.05) is 13.5 Å². The third kappa shape index (κ3) is 10.1. The van der Waals surface area contributed by atoms with Gasteiger partial charge in [0.2, 0.25) is 17.7 Å². The zero-order valence-corrected chi connectivity index (χ0v) is 23.9. The molecule has 2 rings (SSSR count). The lowest BCUT2D eigenvalue weighted by molar-refractivity contribution is -0.144. The minimum Gasteiger partial charge on any atom is -0.497 e. The number of carboxylic acid groups (broad SMARTS) is 1. The molecule has 0 fully saturated rings. The normalized spacial score (nSPS) is 13.5. The van der Waals surface area contributed by atoms with Crippen molar-refractivity contribution in [3.8, 4) is 5.75 Å². The second kappa shape index (κ2) is 15.8. The lowest BCUT2D eigenvalue weighted by Crippen LogP contribution is -2.57. The fourth-order valence-electron chi connectivity index (χ4n) is 3.86. The Kier molecular flexibility index (Phi) is 12.6. The van der Waals surface area contributed by atoms with Crippen molar-refractivity contribution in [2.75, 3.05) is 14.2 Å². The number of methoxy groups -OCH3 is 1. The maximum absolute atomic E-state index is 13.3. The Morgan fingerprint density at radius 3 is 2.02 bits per heavy atom. The number of carbonyl (C=O) groups is 5. The number of rotatable bonds is 14. The number of alkyl carbamates (subject to hydrolysis) is 1. The maximum atomic E-state index is 13.3. The maximum Gasteiger partial charge on any atom is 0.408 e. The first kappa shape index (κ1) is 32.6. The predicted octanol–water partition coefficient (Wildman–Crippen LogP) is 1.86. The van der Waals surface area contributed by atoms with Crippen LogP contribution in [0.25, 0.3) is 0 Å². The number of hydrogen-bond acceptors (Lipinski definition) is 7. The summed E-state index contributed by atoms with van der Waals surface area (Å²) in [6.45, 7) is 4.50. The summed E-state index contributed by atoms with van der Waals surface area (Å²) in [6, 6.07) is 11.6. The third-order valence-corrected chi connectivity index (χ3v) is 6.39. The number of likely N-dealkylation sites (N-methyl/N-ethyl adjacent to an activating group) is 1. The van der Waals surface area contributed by atoms with E-state index in [1.807, 2.05) is 18.2 Å². The summed E-state index contributed by atoms with van der Waals surface area (Å²) in [5.74, 6) is -2.47. The van der Waals surface area contributed by atoms with Crippen LogP contribution in [-0.4, -0.2) is 78.1 Å². The van der Waals surface area contributed by atoms with Gasteiger partial charge in [0.1, 0.15) is 36.5 Å². The number of nitrogens with zero attached hydrogens (tertiary/aromatic N) is 1. The Hall–Kier alpha value is -4.61. The molecule has 4 atom stereocenters. The number of benzene rings is 2. The molecule has 0 saturated heterocycles. The summed E-state index contributed by atoms with van der Waals surface area (Å²) < 4.78 is 10.3. The molecular formula is C29H38N4O8. The van der Waals surface area contributed by atoms with Crippen LogP contribution in [-0.2, 0) is 36.9 Å². The number of amides is 4. The zero-order chi connectivity index (χ0) is 30.5. The molecule has 2 aromatic carbocycles. The van der Waals surface area contributed by atoms with Crippen LogP contribution in [0, 0.1) is 0 Å². The quantitative estimate of drug-likeness (QED) is 0.267. The van der Waals surface area contributed by atoms with E-state index in [0.29, 0.717) is 11.3 Å². The Morgan fingerprint density at radius 2 is 1.46 bits per heavy atom. The topological polar surface area (TPSA) is 163 Å². The summed E-state index contributed by atoms with van der Waals surface area (Å²) in [5, 5.41) is 16.7. The van der Waals surface area contributed by atoms with Gasteiger partial charge in [0.05, 0.1) is 7.11 Å². The van der Waals surface area contributed by atoms with E-state index in [4.69, 9.17) is 9.47 Å². The van der Waals surface area contributed by atoms with Gasteiger partial charge in [-0.25, -0.2) is 4.79 Å². The van der Waals surface area contributed by atoms with Gasteiger partial charge in [0.25, 0.3) is 0 Å². The number of ether oxygens (including phenoxy) is 2. The lowest BCUT2D eigenvalue weighted by atomic mass is 10.0. The highest BCUT2D eigenvalue weighted by Crippen LogP contribution is 2.15. The van der Waals surface area contributed by atoms with E-state index in [9.17, 15) is 29.1 Å². The smallest absolute Gasteiger partial charge is 0.408 e. The van der Waals surface area contributed by atoms with E-state index < -0.39 is 54.0 Å². The van der Waals surface area contributed by atoms with Crippen molar-refractivity contribution in [3.05, 3.63) is 65.7 Å². The molecule has 41 heavy (non-hydrogen) atoms. The number of carboxylic acids is 1. The molecule has 12 nitrogen and oxygen atoms in total. The van der Waals surface area contributed by atoms with Gasteiger partial charge in [0.15, 0.2) is 0 Å². The van der Waals surface area contributed by atoms with Crippen LogP contribution in [0.5, 0.6) is 5.75 Å². The van der Waals surface area contributed by atoms with Crippen molar-refractivity contribution in [1.82, 2.24) is 20.9 Å². The number of nitrogens with one attached hydrogen (secondary N) is 3. The van der Waals surface area contributed by atoms with Crippen molar-refractivity contribution in [3.63, 3.8) is 0 Å². The van der Waals surface area contributed by atoms with Crippen LogP contribution in [0.4, 0.5) is 4.79 Å². The average Bonchev–Trinajstić information content (AvgIpc) is 2.97. The van der Waals surface area contributed by atoms with E-state index in [2.05, 4.69) is 16.0 Å². The molecule has 12 heteroatoms. The van der Waals surface area contributed by atoms with Crippen LogP contribution >= 0.6 is 0 Å². The molecule has 0 aliphatic carbocycles. The van der Waals surface area contributed by atoms with E-state index in [1.54, 1.807) is 43.3 Å². The number of carbonyl (C=O) groups excluding carboxylic acids is 4. The highest BCUT2D eigenvalue weighted by Gasteiger charge is 2.33. The highest BCUT2D eigenvalue weighted by atomic mass is 16.5. The van der Waals surface area contributed by atoms with Gasteiger partial charge >= 0.3 is 12.1 Å². The van der Waals surface area contributed by atoms with Crippen molar-refractivity contribution in [2.45, 2.75) is 64.4 Å². The minimum atomic E-state index is -1.23. The molecule has 2 aromatic rings. The van der Waals surface area contributed by atoms with E-state index in [1.165, 1.54) is 32.9 Å². The number of hydrogen-bond donors (Lipinski definition) is 4. The second-order valence-corrected chi connectivity index (χ2v) is 9.48. The second-order valence-electron chi connectivity index (χ2n) is 9.48. The molecule has 0 heterocycles. The molecule has 4 N–H and O–H groups in total. The summed E-state index contributed by atoms with van der Waals surface area (Å²) in [6.07, 6.45) is -0.466. The van der Waals surface area contributed by atoms with E-state index >= 15 is 0 Å². The lowest BCUT2D eigenvalue weighted by Gasteiger charge is -2.31. The Bertz CT molecular complexity index is 1190. The average molecular weight is 571 g/mol. The number of aliphatic carboxylic acids is 1. The molecule has 0 radical (unpaired) electrons. The molecule has 222 valence electrons. The Morgan fingerprint density at radius 1 is 0.854 bits per heavy atom. The van der Waals surface area contributed by atoms with Crippen molar-refractivity contribution < 1.29 is 38.6 Å². The van der Waals surface area contributed by atoms with E-state index in [0.717, 1.165) is 5.56 Å². The van der Waals surface area contributed by atoms with Crippen LogP contribution in [0.3, 0.4) is 0 Å². The summed E-state index contributed by atoms with van der Waals surface area (Å²) in [4.78, 5) is 64.0. The molecule has 0 aliphatic heterocycles. The fourth-order valence-corrected chi connectivity index (χ4v) is 3.86. The standard InChI is InChI=1S/C29H38N4O8/c1-6-23(32-29(39)41-17-21-10-8-7-9-11-21)25(34)30-18(2)27(36)33(4)24(26(35)31-19(3)28(37)38)16-20-12-14-22(40-5)15-13-20/h7-15,18-19,23-24H,6,16-17H2,1-5H3,(H,30,34)(H,31,35)(H,32,39)(H,37,38)/t18-,19-,23+,24-/m0/s1. The fraction of sp³-hybridized carbons (Fsp3) is 0.414. The van der Waals surface area contributed by atoms with Crippen molar-refractivity contribution >= 4 is 29.8 Å². The van der Waals surface area contributed by atoms with Gasteiger partial charge in [-0.1, -0.05) is 49.4 Å². The van der Waals surface area contributed by atoms with Crippen LogP contribution in [0.1, 0.15) is 38.3 Å². The van der Waals surface area contributed by atoms with Crippen LogP contribution in [0.2, 0.25) is 0 Å². The first-order valence-electron chi connectivity index (χ1n) is 13.2. The molecule has 4 amide bonds. The molecule has 0 unspecified atom stereocenters. The van der Waals surface area contributed by atoms with Crippen molar-refractivity contribution in [1.29, 1.82) is 0 Å². The Balaban J connectivity index is 2.07.